The van der Waals surface area contributed by atoms with Crippen LogP contribution in [0.1, 0.15) is 25.0 Å². The van der Waals surface area contributed by atoms with Crippen LogP contribution in [0, 0.1) is 18.6 Å². The molecule has 1 rings (SSSR count). The third-order valence-corrected chi connectivity index (χ3v) is 1.82. The zero-order chi connectivity index (χ0) is 10.7. The molecule has 0 spiro atoms. The molecule has 0 aliphatic heterocycles. The highest BCUT2D eigenvalue weighted by Gasteiger charge is 2.09. The van der Waals surface area contributed by atoms with Crippen LogP contribution in [0.25, 0.3) is 0 Å². The first-order valence-electron chi connectivity index (χ1n) is 4.57. The van der Waals surface area contributed by atoms with E-state index in [0.717, 1.165) is 0 Å². The van der Waals surface area contributed by atoms with Gasteiger partial charge in [-0.05, 0) is 32.4 Å². The van der Waals surface area contributed by atoms with E-state index in [1.54, 1.807) is 13.0 Å². The largest absolute Gasteiger partial charge is 0.374 e. The molecule has 0 saturated carbocycles. The van der Waals surface area contributed by atoms with Crippen molar-refractivity contribution in [3.8, 4) is 0 Å². The maximum atomic E-state index is 13.2. The van der Waals surface area contributed by atoms with Gasteiger partial charge in [0.1, 0.15) is 0 Å². The lowest BCUT2D eigenvalue weighted by Crippen LogP contribution is -2.05. The van der Waals surface area contributed by atoms with Crippen LogP contribution in [-0.2, 0) is 11.3 Å². The average molecular weight is 200 g/mol. The van der Waals surface area contributed by atoms with Gasteiger partial charge in [0.25, 0.3) is 0 Å². The van der Waals surface area contributed by atoms with Crippen molar-refractivity contribution in [2.24, 2.45) is 0 Å². The van der Waals surface area contributed by atoms with E-state index < -0.39 is 11.6 Å². The minimum Gasteiger partial charge on any atom is -0.374 e. The second kappa shape index (κ2) is 4.51. The second-order valence-corrected chi connectivity index (χ2v) is 3.58. The molecule has 0 radical (unpaired) electrons. The summed E-state index contributed by atoms with van der Waals surface area (Å²) in [7, 11) is 0. The predicted molar refractivity (Wildman–Crippen MR) is 51.0 cm³/mol. The Labute approximate surface area is 82.7 Å². The Bertz CT molecular complexity index is 321. The summed E-state index contributed by atoms with van der Waals surface area (Å²) in [4.78, 5) is 0. The van der Waals surface area contributed by atoms with Crippen LogP contribution >= 0.6 is 0 Å². The van der Waals surface area contributed by atoms with Crippen LogP contribution in [0.3, 0.4) is 0 Å². The van der Waals surface area contributed by atoms with Gasteiger partial charge in [0.2, 0.25) is 0 Å². The Kier molecular flexibility index (Phi) is 3.58. The van der Waals surface area contributed by atoms with E-state index in [9.17, 15) is 8.78 Å². The molecule has 1 aromatic rings. The molecule has 0 saturated heterocycles. The summed E-state index contributed by atoms with van der Waals surface area (Å²) in [6.07, 6.45) is 0.0120. The van der Waals surface area contributed by atoms with Crippen LogP contribution in [-0.4, -0.2) is 6.10 Å². The molecular weight excluding hydrogens is 186 g/mol. The zero-order valence-corrected chi connectivity index (χ0v) is 8.60. The highest BCUT2D eigenvalue weighted by molar-refractivity contribution is 5.24. The number of ether oxygens (including phenoxy) is 1. The number of hydrogen-bond donors (Lipinski definition) is 0. The number of benzene rings is 1. The molecule has 14 heavy (non-hydrogen) atoms. The molecule has 1 aromatic carbocycles. The van der Waals surface area contributed by atoms with Gasteiger partial charge < -0.3 is 4.74 Å². The van der Waals surface area contributed by atoms with Crippen molar-refractivity contribution in [1.82, 2.24) is 0 Å². The van der Waals surface area contributed by atoms with Crippen molar-refractivity contribution in [1.29, 1.82) is 0 Å². The van der Waals surface area contributed by atoms with Gasteiger partial charge in [0, 0.05) is 5.56 Å². The van der Waals surface area contributed by atoms with Crippen molar-refractivity contribution in [2.45, 2.75) is 33.5 Å². The lowest BCUT2D eigenvalue weighted by Gasteiger charge is -2.09. The average Bonchev–Trinajstić information content (AvgIpc) is 2.08. The van der Waals surface area contributed by atoms with Crippen molar-refractivity contribution < 1.29 is 13.5 Å². The maximum absolute atomic E-state index is 13.2. The molecule has 3 heteroatoms. The summed E-state index contributed by atoms with van der Waals surface area (Å²) >= 11 is 0. The van der Waals surface area contributed by atoms with Crippen LogP contribution in [0.5, 0.6) is 0 Å². The highest BCUT2D eigenvalue weighted by atomic mass is 19.2. The fourth-order valence-corrected chi connectivity index (χ4v) is 1.16. The third-order valence-electron chi connectivity index (χ3n) is 1.82. The molecule has 0 N–H and O–H groups in total. The Morgan fingerprint density at radius 3 is 2.50 bits per heavy atom. The Morgan fingerprint density at radius 1 is 1.29 bits per heavy atom. The Hall–Kier alpha value is -0.960. The van der Waals surface area contributed by atoms with Crippen molar-refractivity contribution >= 4 is 0 Å². The summed E-state index contributed by atoms with van der Waals surface area (Å²) in [5.41, 5.74) is 0.974. The van der Waals surface area contributed by atoms with Gasteiger partial charge in [-0.2, -0.15) is 0 Å². The van der Waals surface area contributed by atoms with E-state index in [1.807, 2.05) is 13.8 Å². The van der Waals surface area contributed by atoms with E-state index in [-0.39, 0.29) is 18.3 Å². The standard InChI is InChI=1S/C11H14F2O/c1-7(2)14-6-9-4-8(3)5-10(12)11(9)13/h4-5,7H,6H2,1-3H3. The van der Waals surface area contributed by atoms with E-state index in [2.05, 4.69) is 0 Å². The van der Waals surface area contributed by atoms with Gasteiger partial charge in [-0.15, -0.1) is 0 Å². The minimum absolute atomic E-state index is 0.0120. The molecule has 0 unspecified atom stereocenters. The van der Waals surface area contributed by atoms with Crippen LogP contribution in [0.4, 0.5) is 8.78 Å². The van der Waals surface area contributed by atoms with Gasteiger partial charge in [-0.3, -0.25) is 0 Å². The molecular formula is C11H14F2O. The summed E-state index contributed by atoms with van der Waals surface area (Å²) in [6.45, 7) is 5.54. The maximum Gasteiger partial charge on any atom is 0.164 e. The number of hydrogen-bond acceptors (Lipinski definition) is 1. The van der Waals surface area contributed by atoms with E-state index >= 15 is 0 Å². The van der Waals surface area contributed by atoms with Crippen LogP contribution in [0.2, 0.25) is 0 Å². The van der Waals surface area contributed by atoms with Crippen LogP contribution < -0.4 is 0 Å². The van der Waals surface area contributed by atoms with Gasteiger partial charge >= 0.3 is 0 Å². The lowest BCUT2D eigenvalue weighted by molar-refractivity contribution is 0.0635. The fraction of sp³-hybridized carbons (Fsp3) is 0.455. The highest BCUT2D eigenvalue weighted by Crippen LogP contribution is 2.15. The molecule has 0 aliphatic carbocycles. The minimum atomic E-state index is -0.813. The Morgan fingerprint density at radius 2 is 1.93 bits per heavy atom. The number of rotatable bonds is 3. The molecule has 0 aromatic heterocycles. The molecule has 0 atom stereocenters. The normalized spacial score (nSPS) is 11.0. The third kappa shape index (κ3) is 2.77. The molecule has 0 heterocycles. The second-order valence-electron chi connectivity index (χ2n) is 3.58. The smallest absolute Gasteiger partial charge is 0.164 e. The topological polar surface area (TPSA) is 9.23 Å². The summed E-state index contributed by atoms with van der Waals surface area (Å²) in [5.74, 6) is -1.62. The predicted octanol–water partition coefficient (Wildman–Crippen LogP) is 3.20. The first-order valence-corrected chi connectivity index (χ1v) is 4.57. The van der Waals surface area contributed by atoms with Gasteiger partial charge in [-0.1, -0.05) is 6.07 Å². The molecule has 0 bridgehead atoms. The lowest BCUT2D eigenvalue weighted by atomic mass is 10.1. The molecule has 0 fully saturated rings. The fourth-order valence-electron chi connectivity index (χ4n) is 1.16. The summed E-state index contributed by atoms with van der Waals surface area (Å²) in [5, 5.41) is 0. The van der Waals surface area contributed by atoms with Crippen LogP contribution in [0.15, 0.2) is 12.1 Å². The Balaban J connectivity index is 2.85. The van der Waals surface area contributed by atoms with Gasteiger partial charge in [-0.25, -0.2) is 8.78 Å². The zero-order valence-electron chi connectivity index (χ0n) is 8.60. The van der Waals surface area contributed by atoms with Crippen molar-refractivity contribution in [2.75, 3.05) is 0 Å². The quantitative estimate of drug-likeness (QED) is 0.728. The monoisotopic (exact) mass is 200 g/mol. The van der Waals surface area contributed by atoms with Crippen molar-refractivity contribution in [3.05, 3.63) is 34.9 Å². The van der Waals surface area contributed by atoms with E-state index in [1.165, 1.54) is 6.07 Å². The number of halogens is 2. The van der Waals surface area contributed by atoms with Gasteiger partial charge in [0.05, 0.1) is 12.7 Å². The first kappa shape index (κ1) is 11.1. The van der Waals surface area contributed by atoms with Gasteiger partial charge in [0.15, 0.2) is 11.6 Å². The van der Waals surface area contributed by atoms with Crippen molar-refractivity contribution in [3.63, 3.8) is 0 Å². The molecule has 0 aliphatic rings. The summed E-state index contributed by atoms with van der Waals surface area (Å²) in [6, 6.07) is 2.77. The van der Waals surface area contributed by atoms with E-state index in [4.69, 9.17) is 4.74 Å². The molecule has 0 amide bonds. The molecule has 1 nitrogen and oxygen atoms in total. The summed E-state index contributed by atoms with van der Waals surface area (Å²) < 4.78 is 31.3. The van der Waals surface area contributed by atoms with E-state index in [0.29, 0.717) is 5.56 Å². The number of aryl methyl sites for hydroxylation is 1. The molecule has 78 valence electrons. The SMILES string of the molecule is Cc1cc(F)c(F)c(COC(C)C)c1. The first-order chi connectivity index (χ1) is 6.50.